The van der Waals surface area contributed by atoms with E-state index in [-0.39, 0.29) is 11.8 Å². The van der Waals surface area contributed by atoms with Crippen molar-refractivity contribution < 1.29 is 4.79 Å². The van der Waals surface area contributed by atoms with E-state index in [1.165, 1.54) is 25.7 Å². The van der Waals surface area contributed by atoms with Crippen LogP contribution in [0.4, 0.5) is 5.69 Å². The van der Waals surface area contributed by atoms with Crippen molar-refractivity contribution in [1.82, 2.24) is 10.2 Å². The fourth-order valence-electron chi connectivity index (χ4n) is 3.99. The second-order valence-electron chi connectivity index (χ2n) is 8.19. The van der Waals surface area contributed by atoms with Gasteiger partial charge in [0.05, 0.1) is 6.54 Å². The lowest BCUT2D eigenvalue weighted by Gasteiger charge is -2.38. The van der Waals surface area contributed by atoms with Gasteiger partial charge in [0.1, 0.15) is 0 Å². The molecule has 27 heavy (non-hydrogen) atoms. The summed E-state index contributed by atoms with van der Waals surface area (Å²) in [6.45, 7) is 9.86. The second-order valence-corrected chi connectivity index (χ2v) is 8.19. The van der Waals surface area contributed by atoms with Gasteiger partial charge in [0.15, 0.2) is 5.96 Å². The van der Waals surface area contributed by atoms with E-state index >= 15 is 0 Å². The molecule has 2 N–H and O–H groups in total. The van der Waals surface area contributed by atoms with Crippen molar-refractivity contribution in [2.24, 2.45) is 16.3 Å². The Morgan fingerprint density at radius 2 is 2.11 bits per heavy atom. The Hall–Kier alpha value is -2.04. The number of carbonyl (C=O) groups is 1. The fraction of sp³-hybridized carbons (Fsp3) is 0.636. The van der Waals surface area contributed by atoms with Crippen LogP contribution in [0.1, 0.15) is 58.4 Å². The standard InChI is InChI=1S/C22H34N4O/c1-4-17(3)20(27)25-19-9-6-8-18(14-19)15-24-21(23-5-2)26-13-12-22(16-26)10-7-11-22/h6,8-9,14,17H,4-5,7,10-13,15-16H2,1-3H3,(H,23,24)(H,25,27). The van der Waals surface area contributed by atoms with Crippen molar-refractivity contribution in [3.05, 3.63) is 29.8 Å². The van der Waals surface area contributed by atoms with Crippen molar-refractivity contribution >= 4 is 17.6 Å². The van der Waals surface area contributed by atoms with Crippen LogP contribution in [0.2, 0.25) is 0 Å². The molecule has 5 nitrogen and oxygen atoms in total. The molecule has 1 saturated heterocycles. The molecule has 1 aliphatic carbocycles. The summed E-state index contributed by atoms with van der Waals surface area (Å²) in [6.07, 6.45) is 6.28. The lowest BCUT2D eigenvalue weighted by Crippen LogP contribution is -2.42. The van der Waals surface area contributed by atoms with E-state index in [4.69, 9.17) is 4.99 Å². The number of anilines is 1. The van der Waals surface area contributed by atoms with E-state index in [9.17, 15) is 4.79 Å². The summed E-state index contributed by atoms with van der Waals surface area (Å²) < 4.78 is 0. The first-order chi connectivity index (χ1) is 13.0. The van der Waals surface area contributed by atoms with Gasteiger partial charge in [-0.25, -0.2) is 4.99 Å². The molecule has 1 aromatic rings. The van der Waals surface area contributed by atoms with Crippen LogP contribution in [0, 0.1) is 11.3 Å². The monoisotopic (exact) mass is 370 g/mol. The van der Waals surface area contributed by atoms with Crippen molar-refractivity contribution in [2.75, 3.05) is 25.0 Å². The SMILES string of the molecule is CCNC(=NCc1cccc(NC(=O)C(C)CC)c1)N1CCC2(CCC2)C1. The van der Waals surface area contributed by atoms with Crippen LogP contribution >= 0.6 is 0 Å². The predicted octanol–water partition coefficient (Wildman–Crippen LogP) is 4.01. The average molecular weight is 371 g/mol. The Morgan fingerprint density at radius 1 is 1.30 bits per heavy atom. The number of guanidine groups is 1. The van der Waals surface area contributed by atoms with Gasteiger partial charge in [-0.2, -0.15) is 0 Å². The molecule has 2 aliphatic rings. The van der Waals surface area contributed by atoms with Gasteiger partial charge in [-0.1, -0.05) is 32.4 Å². The smallest absolute Gasteiger partial charge is 0.227 e. The second kappa shape index (κ2) is 8.77. The summed E-state index contributed by atoms with van der Waals surface area (Å²) in [5.41, 5.74) is 2.54. The summed E-state index contributed by atoms with van der Waals surface area (Å²) in [5.74, 6) is 1.13. The Kier molecular flexibility index (Phi) is 6.40. The summed E-state index contributed by atoms with van der Waals surface area (Å²) in [7, 11) is 0. The zero-order valence-electron chi connectivity index (χ0n) is 17.1. The number of rotatable bonds is 6. The van der Waals surface area contributed by atoms with Gasteiger partial charge >= 0.3 is 0 Å². The predicted molar refractivity (Wildman–Crippen MR) is 112 cm³/mol. The number of hydrogen-bond acceptors (Lipinski definition) is 2. The molecule has 1 aliphatic heterocycles. The molecule has 0 aromatic heterocycles. The number of benzene rings is 1. The van der Waals surface area contributed by atoms with Gasteiger partial charge in [0, 0.05) is 31.2 Å². The number of aliphatic imine (C=N–C) groups is 1. The Labute approximate surface area is 163 Å². The lowest BCUT2D eigenvalue weighted by atomic mass is 9.68. The van der Waals surface area contributed by atoms with E-state index in [0.717, 1.165) is 43.3 Å². The number of likely N-dealkylation sites (tertiary alicyclic amines) is 1. The molecule has 148 valence electrons. The fourth-order valence-corrected chi connectivity index (χ4v) is 3.99. The topological polar surface area (TPSA) is 56.7 Å². The normalized spacial score (nSPS) is 19.7. The third-order valence-corrected chi connectivity index (χ3v) is 6.15. The number of nitrogens with one attached hydrogen (secondary N) is 2. The zero-order chi connectivity index (χ0) is 19.3. The molecule has 2 fully saturated rings. The van der Waals surface area contributed by atoms with Crippen molar-refractivity contribution in [1.29, 1.82) is 0 Å². The largest absolute Gasteiger partial charge is 0.357 e. The summed E-state index contributed by atoms with van der Waals surface area (Å²) >= 11 is 0. The first kappa shape index (κ1) is 19.7. The number of carbonyl (C=O) groups excluding carboxylic acids is 1. The maximum atomic E-state index is 12.1. The van der Waals surface area contributed by atoms with Crippen LogP contribution in [0.5, 0.6) is 0 Å². The molecule has 1 unspecified atom stereocenters. The van der Waals surface area contributed by atoms with Crippen molar-refractivity contribution in [3.8, 4) is 0 Å². The molecule has 0 bridgehead atoms. The highest BCUT2D eigenvalue weighted by molar-refractivity contribution is 5.92. The molecule has 5 heteroatoms. The zero-order valence-corrected chi connectivity index (χ0v) is 17.1. The Morgan fingerprint density at radius 3 is 2.74 bits per heavy atom. The highest BCUT2D eigenvalue weighted by Crippen LogP contribution is 2.47. The minimum atomic E-state index is 0.0287. The van der Waals surface area contributed by atoms with Gasteiger partial charge in [-0.15, -0.1) is 0 Å². The van der Waals surface area contributed by atoms with Crippen molar-refractivity contribution in [3.63, 3.8) is 0 Å². The van der Waals surface area contributed by atoms with Crippen LogP contribution in [0.3, 0.4) is 0 Å². The maximum absolute atomic E-state index is 12.1. The molecule has 1 heterocycles. The van der Waals surface area contributed by atoms with Gasteiger partial charge in [0.25, 0.3) is 0 Å². The first-order valence-corrected chi connectivity index (χ1v) is 10.5. The quantitative estimate of drug-likeness (QED) is 0.587. The van der Waals surface area contributed by atoms with E-state index in [0.29, 0.717) is 12.0 Å². The van der Waals surface area contributed by atoms with E-state index < -0.39 is 0 Å². The van der Waals surface area contributed by atoms with E-state index in [1.54, 1.807) is 0 Å². The Bertz CT molecular complexity index is 681. The molecular weight excluding hydrogens is 336 g/mol. The van der Waals surface area contributed by atoms with Crippen LogP contribution in [0.15, 0.2) is 29.3 Å². The molecule has 1 amide bonds. The molecule has 3 rings (SSSR count). The van der Waals surface area contributed by atoms with Crippen LogP contribution in [-0.4, -0.2) is 36.4 Å². The maximum Gasteiger partial charge on any atom is 0.227 e. The molecular formula is C22H34N4O. The molecule has 0 radical (unpaired) electrons. The summed E-state index contributed by atoms with van der Waals surface area (Å²) in [5, 5.41) is 6.47. The summed E-state index contributed by atoms with van der Waals surface area (Å²) in [4.78, 5) is 19.4. The van der Waals surface area contributed by atoms with E-state index in [1.807, 2.05) is 32.0 Å². The minimum Gasteiger partial charge on any atom is -0.357 e. The molecule has 1 aromatic carbocycles. The molecule has 1 atom stereocenters. The van der Waals surface area contributed by atoms with Crippen LogP contribution in [0.25, 0.3) is 0 Å². The Balaban J connectivity index is 1.64. The minimum absolute atomic E-state index is 0.0287. The van der Waals surface area contributed by atoms with Gasteiger partial charge in [-0.05, 0) is 55.7 Å². The highest BCUT2D eigenvalue weighted by Gasteiger charge is 2.43. The van der Waals surface area contributed by atoms with E-state index in [2.05, 4.69) is 28.5 Å². The molecule has 1 saturated carbocycles. The first-order valence-electron chi connectivity index (χ1n) is 10.5. The molecule has 1 spiro atoms. The number of hydrogen-bond donors (Lipinski definition) is 2. The van der Waals surface area contributed by atoms with Crippen molar-refractivity contribution in [2.45, 2.75) is 59.4 Å². The number of nitrogens with zero attached hydrogens (tertiary/aromatic N) is 2. The highest BCUT2D eigenvalue weighted by atomic mass is 16.1. The third-order valence-electron chi connectivity index (χ3n) is 6.15. The average Bonchev–Trinajstić information content (AvgIpc) is 3.11. The third kappa shape index (κ3) is 4.82. The lowest BCUT2D eigenvalue weighted by molar-refractivity contribution is -0.119. The van der Waals surface area contributed by atoms with Crippen LogP contribution in [-0.2, 0) is 11.3 Å². The van der Waals surface area contributed by atoms with Crippen LogP contribution < -0.4 is 10.6 Å². The number of amides is 1. The summed E-state index contributed by atoms with van der Waals surface area (Å²) in [6, 6.07) is 8.04. The van der Waals surface area contributed by atoms with Gasteiger partial charge < -0.3 is 15.5 Å². The van der Waals surface area contributed by atoms with Gasteiger partial charge in [-0.3, -0.25) is 4.79 Å². The van der Waals surface area contributed by atoms with Gasteiger partial charge in [0.2, 0.25) is 5.91 Å².